The van der Waals surface area contributed by atoms with Gasteiger partial charge in [0, 0.05) is 35.5 Å². The second-order valence-corrected chi connectivity index (χ2v) is 8.09. The lowest BCUT2D eigenvalue weighted by Crippen LogP contribution is -2.43. The molecular formula is C19H21ClN2O2S. The molecule has 0 saturated carbocycles. The number of benzene rings is 1. The van der Waals surface area contributed by atoms with Crippen molar-refractivity contribution < 1.29 is 9.53 Å². The molecule has 1 N–H and O–H groups in total. The van der Waals surface area contributed by atoms with Crippen molar-refractivity contribution in [3.63, 3.8) is 0 Å². The van der Waals surface area contributed by atoms with Crippen LogP contribution in [0.15, 0.2) is 35.0 Å². The molecule has 0 radical (unpaired) electrons. The summed E-state index contributed by atoms with van der Waals surface area (Å²) in [7, 11) is 2.18. The van der Waals surface area contributed by atoms with Crippen LogP contribution in [0.5, 0.6) is 0 Å². The smallest absolute Gasteiger partial charge is 0.411 e. The molecule has 132 valence electrons. The van der Waals surface area contributed by atoms with E-state index in [2.05, 4.69) is 17.3 Å². The van der Waals surface area contributed by atoms with Crippen LogP contribution in [0.2, 0.25) is 5.02 Å². The number of nitrogens with zero attached hydrogens (tertiary/aromatic N) is 1. The molecule has 2 bridgehead atoms. The number of amides is 1. The van der Waals surface area contributed by atoms with E-state index >= 15 is 0 Å². The van der Waals surface area contributed by atoms with Crippen LogP contribution in [0.25, 0.3) is 11.1 Å². The summed E-state index contributed by atoms with van der Waals surface area (Å²) in [5.41, 5.74) is 2.68. The Morgan fingerprint density at radius 3 is 2.72 bits per heavy atom. The molecule has 6 heteroatoms. The lowest BCUT2D eigenvalue weighted by Gasteiger charge is -2.35. The first kappa shape index (κ1) is 16.9. The number of ether oxygens (including phenoxy) is 1. The Kier molecular flexibility index (Phi) is 4.71. The molecule has 2 aromatic rings. The van der Waals surface area contributed by atoms with Crippen molar-refractivity contribution in [2.24, 2.45) is 0 Å². The number of anilines is 1. The van der Waals surface area contributed by atoms with E-state index in [9.17, 15) is 4.79 Å². The molecule has 4 rings (SSSR count). The molecule has 3 heterocycles. The van der Waals surface area contributed by atoms with Gasteiger partial charge in [0.05, 0.1) is 5.69 Å². The second-order valence-electron chi connectivity index (χ2n) is 6.88. The van der Waals surface area contributed by atoms with Gasteiger partial charge in [0.25, 0.3) is 0 Å². The van der Waals surface area contributed by atoms with E-state index in [0.717, 1.165) is 29.7 Å². The van der Waals surface area contributed by atoms with Crippen molar-refractivity contribution in [2.45, 2.75) is 43.9 Å². The molecule has 4 nitrogen and oxygen atoms in total. The second kappa shape index (κ2) is 6.98. The van der Waals surface area contributed by atoms with Crippen LogP contribution in [0, 0.1) is 0 Å². The normalized spacial score (nSPS) is 25.8. The van der Waals surface area contributed by atoms with Gasteiger partial charge in [0.15, 0.2) is 0 Å². The van der Waals surface area contributed by atoms with Gasteiger partial charge in [-0.1, -0.05) is 11.6 Å². The number of nitrogens with one attached hydrogen (secondary N) is 1. The maximum absolute atomic E-state index is 12.4. The van der Waals surface area contributed by atoms with Crippen LogP contribution < -0.4 is 5.32 Å². The van der Waals surface area contributed by atoms with Crippen molar-refractivity contribution in [1.29, 1.82) is 0 Å². The lowest BCUT2D eigenvalue weighted by atomic mass is 10.0. The van der Waals surface area contributed by atoms with Gasteiger partial charge in [0.1, 0.15) is 6.10 Å². The fourth-order valence-electron chi connectivity index (χ4n) is 4.03. The summed E-state index contributed by atoms with van der Waals surface area (Å²) in [6, 6.07) is 8.59. The fraction of sp³-hybridized carbons (Fsp3) is 0.421. The van der Waals surface area contributed by atoms with E-state index in [1.165, 1.54) is 12.8 Å². The van der Waals surface area contributed by atoms with E-state index in [1.54, 1.807) is 17.4 Å². The Hall–Kier alpha value is -1.56. The first-order valence-electron chi connectivity index (χ1n) is 8.62. The van der Waals surface area contributed by atoms with Crippen LogP contribution in [-0.2, 0) is 4.74 Å². The van der Waals surface area contributed by atoms with Crippen molar-refractivity contribution in [2.75, 3.05) is 12.4 Å². The highest BCUT2D eigenvalue weighted by molar-refractivity contribution is 7.08. The molecule has 2 aliphatic rings. The SMILES string of the molecule is CN1C2CCC1CC(OC(=O)Nc1ccc(Cl)cc1-c1ccsc1)C2. The first-order chi connectivity index (χ1) is 12.1. The number of hydrogen-bond donors (Lipinski definition) is 1. The Morgan fingerprint density at radius 2 is 2.04 bits per heavy atom. The maximum atomic E-state index is 12.4. The molecule has 1 aromatic carbocycles. The summed E-state index contributed by atoms with van der Waals surface area (Å²) in [5.74, 6) is 0. The molecule has 2 aliphatic heterocycles. The first-order valence-corrected chi connectivity index (χ1v) is 9.94. The van der Waals surface area contributed by atoms with E-state index in [0.29, 0.717) is 17.1 Å². The molecule has 1 amide bonds. The molecule has 2 saturated heterocycles. The Morgan fingerprint density at radius 1 is 1.28 bits per heavy atom. The Balaban J connectivity index is 1.45. The Bertz CT molecular complexity index is 751. The van der Waals surface area contributed by atoms with E-state index in [-0.39, 0.29) is 12.2 Å². The van der Waals surface area contributed by atoms with Gasteiger partial charge in [-0.3, -0.25) is 5.32 Å². The van der Waals surface area contributed by atoms with Crippen LogP contribution >= 0.6 is 22.9 Å². The summed E-state index contributed by atoms with van der Waals surface area (Å²) in [6.07, 6.45) is 3.90. The predicted molar refractivity (Wildman–Crippen MR) is 102 cm³/mol. The van der Waals surface area contributed by atoms with Gasteiger partial charge in [-0.2, -0.15) is 11.3 Å². The topological polar surface area (TPSA) is 41.6 Å². The van der Waals surface area contributed by atoms with Gasteiger partial charge in [0.2, 0.25) is 0 Å². The third kappa shape index (κ3) is 3.54. The van der Waals surface area contributed by atoms with Gasteiger partial charge >= 0.3 is 6.09 Å². The summed E-state index contributed by atoms with van der Waals surface area (Å²) in [4.78, 5) is 14.9. The minimum atomic E-state index is -0.382. The molecular weight excluding hydrogens is 356 g/mol. The monoisotopic (exact) mass is 376 g/mol. The Labute approximate surface area is 156 Å². The van der Waals surface area contributed by atoms with Gasteiger partial charge in [-0.15, -0.1) is 0 Å². The van der Waals surface area contributed by atoms with Gasteiger partial charge < -0.3 is 9.64 Å². The molecule has 0 aliphatic carbocycles. The number of fused-ring (bicyclic) bond motifs is 2. The number of halogens is 1. The molecule has 1 aromatic heterocycles. The van der Waals surface area contributed by atoms with Gasteiger partial charge in [-0.05, 0) is 60.5 Å². The minimum absolute atomic E-state index is 0.00518. The number of piperidine rings is 1. The zero-order valence-electron chi connectivity index (χ0n) is 14.1. The highest BCUT2D eigenvalue weighted by atomic mass is 35.5. The largest absolute Gasteiger partial charge is 0.446 e. The highest BCUT2D eigenvalue weighted by Crippen LogP contribution is 2.36. The summed E-state index contributed by atoms with van der Waals surface area (Å²) in [5, 5.41) is 7.60. The number of rotatable bonds is 3. The van der Waals surface area contributed by atoms with Crippen LogP contribution in [0.1, 0.15) is 25.7 Å². The zero-order valence-corrected chi connectivity index (χ0v) is 15.6. The zero-order chi connectivity index (χ0) is 17.4. The molecule has 2 atom stereocenters. The van der Waals surface area contributed by atoms with E-state index < -0.39 is 0 Å². The lowest BCUT2D eigenvalue weighted by molar-refractivity contribution is 0.0348. The number of carbonyl (C=O) groups excluding carboxylic acids is 1. The van der Waals surface area contributed by atoms with Gasteiger partial charge in [-0.25, -0.2) is 4.79 Å². The van der Waals surface area contributed by atoms with E-state index in [4.69, 9.17) is 16.3 Å². The van der Waals surface area contributed by atoms with E-state index in [1.807, 2.05) is 29.0 Å². The third-order valence-corrected chi connectivity index (χ3v) is 6.30. The molecule has 2 unspecified atom stereocenters. The highest BCUT2D eigenvalue weighted by Gasteiger charge is 2.39. The quantitative estimate of drug-likeness (QED) is 0.796. The van der Waals surface area contributed by atoms with Crippen LogP contribution in [-0.4, -0.2) is 36.2 Å². The molecule has 25 heavy (non-hydrogen) atoms. The van der Waals surface area contributed by atoms with Crippen LogP contribution in [0.4, 0.5) is 10.5 Å². The third-order valence-electron chi connectivity index (χ3n) is 5.38. The maximum Gasteiger partial charge on any atom is 0.411 e. The standard InChI is InChI=1S/C19H21ClN2O2S/c1-22-14-3-4-15(22)10-16(9-14)24-19(23)21-18-5-2-13(20)8-17(18)12-6-7-25-11-12/h2,5-8,11,14-16H,3-4,9-10H2,1H3,(H,21,23). The van der Waals surface area contributed by atoms with Crippen molar-refractivity contribution >= 4 is 34.7 Å². The van der Waals surface area contributed by atoms with Crippen LogP contribution in [0.3, 0.4) is 0 Å². The average molecular weight is 377 g/mol. The number of hydrogen-bond acceptors (Lipinski definition) is 4. The fourth-order valence-corrected chi connectivity index (χ4v) is 4.86. The predicted octanol–water partition coefficient (Wildman–Crippen LogP) is 5.24. The summed E-state index contributed by atoms with van der Waals surface area (Å²) < 4.78 is 5.72. The molecule has 0 spiro atoms. The van der Waals surface area contributed by atoms with Crippen molar-refractivity contribution in [3.8, 4) is 11.1 Å². The average Bonchev–Trinajstić information content (AvgIpc) is 3.16. The molecule has 2 fully saturated rings. The number of carbonyl (C=O) groups is 1. The number of thiophene rings is 1. The van der Waals surface area contributed by atoms with Crippen molar-refractivity contribution in [3.05, 3.63) is 40.0 Å². The summed E-state index contributed by atoms with van der Waals surface area (Å²) in [6.45, 7) is 0. The minimum Gasteiger partial charge on any atom is -0.446 e. The van der Waals surface area contributed by atoms with Crippen molar-refractivity contribution in [1.82, 2.24) is 4.90 Å². The summed E-state index contributed by atoms with van der Waals surface area (Å²) >= 11 is 7.75.